The molecule has 0 aliphatic carbocycles. The summed E-state index contributed by atoms with van der Waals surface area (Å²) in [6.07, 6.45) is 0.740. The second-order valence-corrected chi connectivity index (χ2v) is 2.52. The minimum Gasteiger partial charge on any atom is -0.328 e. The van der Waals surface area contributed by atoms with E-state index in [9.17, 15) is 0 Å². The summed E-state index contributed by atoms with van der Waals surface area (Å²) in [6, 6.07) is 0.134. The molecule has 10 heavy (non-hydrogen) atoms. The zero-order chi connectivity index (χ0) is 7.56. The van der Waals surface area contributed by atoms with Crippen molar-refractivity contribution in [3.8, 4) is 0 Å². The zero-order valence-electron chi connectivity index (χ0n) is 6.26. The second kappa shape index (κ2) is 2.79. The molecule has 4 nitrogen and oxygen atoms in total. The Morgan fingerprint density at radius 3 is 2.80 bits per heavy atom. The van der Waals surface area contributed by atoms with Crippen LogP contribution in [-0.2, 0) is 6.42 Å². The molecular formula is C6H12N4. The van der Waals surface area contributed by atoms with Crippen LogP contribution in [0.4, 0.5) is 0 Å². The molecule has 0 saturated heterocycles. The zero-order valence-corrected chi connectivity index (χ0v) is 6.26. The Morgan fingerprint density at radius 2 is 2.40 bits per heavy atom. The first-order valence-corrected chi connectivity index (χ1v) is 3.32. The lowest BCUT2D eigenvalue weighted by atomic mass is 10.2. The van der Waals surface area contributed by atoms with E-state index in [-0.39, 0.29) is 6.04 Å². The van der Waals surface area contributed by atoms with Gasteiger partial charge in [-0.05, 0) is 13.8 Å². The Hall–Kier alpha value is -0.900. The van der Waals surface area contributed by atoms with Crippen molar-refractivity contribution in [1.29, 1.82) is 0 Å². The summed E-state index contributed by atoms with van der Waals surface area (Å²) in [5.74, 6) is 1.64. The van der Waals surface area contributed by atoms with Gasteiger partial charge < -0.3 is 5.73 Å². The van der Waals surface area contributed by atoms with E-state index in [4.69, 9.17) is 5.73 Å². The molecular weight excluding hydrogens is 128 g/mol. The minimum atomic E-state index is 0.134. The standard InChI is InChI=1S/C6H12N4/c1-4(7)3-6-8-5(2)9-10-6/h4H,3,7H2,1-2H3,(H,8,9,10)/t4-/m0/s1. The molecule has 0 aromatic carbocycles. The van der Waals surface area contributed by atoms with Gasteiger partial charge in [0.25, 0.3) is 0 Å². The highest BCUT2D eigenvalue weighted by Crippen LogP contribution is 1.93. The number of nitrogens with two attached hydrogens (primary N) is 1. The van der Waals surface area contributed by atoms with Gasteiger partial charge in [0.1, 0.15) is 5.82 Å². The van der Waals surface area contributed by atoms with E-state index in [1.165, 1.54) is 0 Å². The molecule has 0 aliphatic heterocycles. The highest BCUT2D eigenvalue weighted by Gasteiger charge is 2.01. The van der Waals surface area contributed by atoms with Crippen LogP contribution in [0.25, 0.3) is 0 Å². The van der Waals surface area contributed by atoms with Crippen molar-refractivity contribution in [1.82, 2.24) is 15.2 Å². The Bertz CT molecular complexity index is 203. The number of hydrogen-bond donors (Lipinski definition) is 2. The maximum absolute atomic E-state index is 5.54. The van der Waals surface area contributed by atoms with Gasteiger partial charge >= 0.3 is 0 Å². The van der Waals surface area contributed by atoms with Gasteiger partial charge in [-0.2, -0.15) is 5.10 Å². The van der Waals surface area contributed by atoms with E-state index >= 15 is 0 Å². The summed E-state index contributed by atoms with van der Waals surface area (Å²) in [7, 11) is 0. The lowest BCUT2D eigenvalue weighted by Crippen LogP contribution is -2.18. The van der Waals surface area contributed by atoms with Crippen molar-refractivity contribution in [3.05, 3.63) is 11.6 Å². The molecule has 1 aromatic heterocycles. The Kier molecular flexibility index (Phi) is 2.01. The van der Waals surface area contributed by atoms with Crippen LogP contribution in [0.5, 0.6) is 0 Å². The summed E-state index contributed by atoms with van der Waals surface area (Å²) in [5.41, 5.74) is 5.54. The van der Waals surface area contributed by atoms with E-state index in [0.717, 1.165) is 18.1 Å². The first-order valence-electron chi connectivity index (χ1n) is 3.32. The van der Waals surface area contributed by atoms with Crippen LogP contribution in [0.2, 0.25) is 0 Å². The number of nitrogens with zero attached hydrogens (tertiary/aromatic N) is 2. The molecule has 1 rings (SSSR count). The fourth-order valence-corrected chi connectivity index (χ4v) is 0.768. The van der Waals surface area contributed by atoms with Gasteiger partial charge in [0, 0.05) is 12.5 Å². The summed E-state index contributed by atoms with van der Waals surface area (Å²) in [4.78, 5) is 4.10. The van der Waals surface area contributed by atoms with Crippen molar-refractivity contribution in [2.75, 3.05) is 0 Å². The first-order chi connectivity index (χ1) is 4.68. The number of rotatable bonds is 2. The van der Waals surface area contributed by atoms with Gasteiger partial charge in [0.05, 0.1) is 0 Å². The van der Waals surface area contributed by atoms with Crippen LogP contribution in [0, 0.1) is 6.92 Å². The molecule has 0 amide bonds. The van der Waals surface area contributed by atoms with Gasteiger partial charge in [0.15, 0.2) is 5.82 Å². The Morgan fingerprint density at radius 1 is 1.70 bits per heavy atom. The molecule has 1 aromatic rings. The normalized spacial score (nSPS) is 13.5. The highest BCUT2D eigenvalue weighted by molar-refractivity contribution is 4.89. The van der Waals surface area contributed by atoms with Crippen LogP contribution < -0.4 is 5.73 Å². The number of aromatic nitrogens is 3. The third-order valence-electron chi connectivity index (χ3n) is 1.15. The predicted molar refractivity (Wildman–Crippen MR) is 38.5 cm³/mol. The van der Waals surface area contributed by atoms with Crippen molar-refractivity contribution >= 4 is 0 Å². The van der Waals surface area contributed by atoms with Crippen molar-refractivity contribution < 1.29 is 0 Å². The summed E-state index contributed by atoms with van der Waals surface area (Å²) in [6.45, 7) is 3.81. The molecule has 0 fully saturated rings. The van der Waals surface area contributed by atoms with Crippen LogP contribution in [0.15, 0.2) is 0 Å². The lowest BCUT2D eigenvalue weighted by molar-refractivity contribution is 0.704. The molecule has 3 N–H and O–H groups in total. The van der Waals surface area contributed by atoms with Crippen LogP contribution in [0.3, 0.4) is 0 Å². The van der Waals surface area contributed by atoms with Crippen LogP contribution in [0.1, 0.15) is 18.6 Å². The van der Waals surface area contributed by atoms with E-state index in [1.807, 2.05) is 13.8 Å². The van der Waals surface area contributed by atoms with Crippen molar-refractivity contribution in [2.45, 2.75) is 26.3 Å². The summed E-state index contributed by atoms with van der Waals surface area (Å²) < 4.78 is 0. The average molecular weight is 140 g/mol. The van der Waals surface area contributed by atoms with Gasteiger partial charge in [0.2, 0.25) is 0 Å². The monoisotopic (exact) mass is 140 g/mol. The molecule has 1 atom stereocenters. The summed E-state index contributed by atoms with van der Waals surface area (Å²) in [5, 5.41) is 6.70. The number of aryl methyl sites for hydroxylation is 1. The molecule has 0 radical (unpaired) electrons. The molecule has 0 saturated carbocycles. The largest absolute Gasteiger partial charge is 0.328 e. The quantitative estimate of drug-likeness (QED) is 0.607. The van der Waals surface area contributed by atoms with Crippen molar-refractivity contribution in [3.63, 3.8) is 0 Å². The van der Waals surface area contributed by atoms with E-state index in [1.54, 1.807) is 0 Å². The van der Waals surface area contributed by atoms with Gasteiger partial charge in [-0.3, -0.25) is 5.10 Å². The maximum Gasteiger partial charge on any atom is 0.152 e. The van der Waals surface area contributed by atoms with Gasteiger partial charge in [-0.25, -0.2) is 4.98 Å². The van der Waals surface area contributed by atoms with Gasteiger partial charge in [-0.1, -0.05) is 0 Å². The highest BCUT2D eigenvalue weighted by atomic mass is 15.2. The van der Waals surface area contributed by atoms with E-state index in [2.05, 4.69) is 15.2 Å². The molecule has 0 unspecified atom stereocenters. The fourth-order valence-electron chi connectivity index (χ4n) is 0.768. The fraction of sp³-hybridized carbons (Fsp3) is 0.667. The molecule has 1 heterocycles. The summed E-state index contributed by atoms with van der Waals surface area (Å²) >= 11 is 0. The molecule has 56 valence electrons. The van der Waals surface area contributed by atoms with Crippen molar-refractivity contribution in [2.24, 2.45) is 5.73 Å². The van der Waals surface area contributed by atoms with E-state index in [0.29, 0.717) is 0 Å². The van der Waals surface area contributed by atoms with Crippen LogP contribution in [-0.4, -0.2) is 21.2 Å². The molecule has 0 spiro atoms. The maximum atomic E-state index is 5.54. The Balaban J connectivity index is 2.58. The third-order valence-corrected chi connectivity index (χ3v) is 1.15. The number of hydrogen-bond acceptors (Lipinski definition) is 3. The number of nitrogens with one attached hydrogen (secondary N) is 1. The average Bonchev–Trinajstić information content (AvgIpc) is 2.13. The van der Waals surface area contributed by atoms with E-state index < -0.39 is 0 Å². The third kappa shape index (κ3) is 1.80. The topological polar surface area (TPSA) is 67.6 Å². The molecule has 0 bridgehead atoms. The van der Waals surface area contributed by atoms with Gasteiger partial charge in [-0.15, -0.1) is 0 Å². The minimum absolute atomic E-state index is 0.134. The van der Waals surface area contributed by atoms with Crippen LogP contribution >= 0.6 is 0 Å². The number of aromatic amines is 1. The predicted octanol–water partition coefficient (Wildman–Crippen LogP) is 0.00282. The first kappa shape index (κ1) is 7.21. The number of H-pyrrole nitrogens is 1. The Labute approximate surface area is 59.8 Å². The lowest BCUT2D eigenvalue weighted by Gasteiger charge is -1.97. The SMILES string of the molecule is Cc1nc(C[C@H](C)N)n[nH]1. The smallest absolute Gasteiger partial charge is 0.152 e. The molecule has 4 heteroatoms. The molecule has 0 aliphatic rings. The second-order valence-electron chi connectivity index (χ2n) is 2.52.